The van der Waals surface area contributed by atoms with Gasteiger partial charge in [-0.1, -0.05) is 24.3 Å². The third kappa shape index (κ3) is 3.20. The van der Waals surface area contributed by atoms with E-state index in [2.05, 4.69) is 44.0 Å². The summed E-state index contributed by atoms with van der Waals surface area (Å²) in [5.74, 6) is 1.30. The predicted molar refractivity (Wildman–Crippen MR) is 104 cm³/mol. The molecule has 0 unspecified atom stereocenters. The standard InChI is InChI=1S/C22H26N4O/c27-21(17-10-14-25(15-11-17)22-23-12-3-13-24-22)26(18-7-8-18)20-9-6-16-4-1-2-5-19(16)20/h1-5,12-13,17-18,20H,6-11,14-15H2/t20-/m0/s1. The van der Waals surface area contributed by atoms with Crippen LogP contribution in [-0.4, -0.2) is 39.9 Å². The second-order valence-electron chi connectivity index (χ2n) is 8.04. The van der Waals surface area contributed by atoms with E-state index in [0.717, 1.165) is 44.7 Å². The maximum absolute atomic E-state index is 13.5. The van der Waals surface area contributed by atoms with Crippen LogP contribution >= 0.6 is 0 Å². The smallest absolute Gasteiger partial charge is 0.226 e. The fourth-order valence-electron chi connectivity index (χ4n) is 4.76. The van der Waals surface area contributed by atoms with E-state index >= 15 is 0 Å². The van der Waals surface area contributed by atoms with E-state index < -0.39 is 0 Å². The predicted octanol–water partition coefficient (Wildman–Crippen LogP) is 3.37. The average Bonchev–Trinajstić information content (AvgIpc) is 3.48. The van der Waals surface area contributed by atoms with Crippen LogP contribution in [0.25, 0.3) is 0 Å². The highest BCUT2D eigenvalue weighted by Crippen LogP contribution is 2.43. The molecule has 1 saturated heterocycles. The van der Waals surface area contributed by atoms with Crippen LogP contribution < -0.4 is 4.90 Å². The molecule has 1 aromatic carbocycles. The molecule has 5 heteroatoms. The van der Waals surface area contributed by atoms with Crippen LogP contribution in [0.1, 0.15) is 49.3 Å². The molecule has 1 saturated carbocycles. The molecular formula is C22H26N4O. The molecular weight excluding hydrogens is 336 g/mol. The SMILES string of the molecule is O=C(C1CCN(c2ncccn2)CC1)N(C1CC1)[C@H]1CCc2ccccc21. The number of aryl methyl sites for hydroxylation is 1. The van der Waals surface area contributed by atoms with E-state index in [-0.39, 0.29) is 12.0 Å². The highest BCUT2D eigenvalue weighted by atomic mass is 16.2. The molecule has 27 heavy (non-hydrogen) atoms. The highest BCUT2D eigenvalue weighted by molar-refractivity contribution is 5.80. The molecule has 0 N–H and O–H groups in total. The summed E-state index contributed by atoms with van der Waals surface area (Å²) in [6, 6.07) is 11.3. The number of carbonyl (C=O) groups excluding carboxylic acids is 1. The van der Waals surface area contributed by atoms with E-state index in [1.165, 1.54) is 24.0 Å². The lowest BCUT2D eigenvalue weighted by Gasteiger charge is -2.37. The van der Waals surface area contributed by atoms with Crippen molar-refractivity contribution in [1.29, 1.82) is 0 Å². The molecule has 2 fully saturated rings. The molecule has 0 spiro atoms. The Labute approximate surface area is 160 Å². The van der Waals surface area contributed by atoms with Gasteiger partial charge in [0.2, 0.25) is 11.9 Å². The zero-order valence-corrected chi connectivity index (χ0v) is 15.6. The Morgan fingerprint density at radius 1 is 0.963 bits per heavy atom. The van der Waals surface area contributed by atoms with Gasteiger partial charge in [0.25, 0.3) is 0 Å². The van der Waals surface area contributed by atoms with Gasteiger partial charge in [-0.25, -0.2) is 9.97 Å². The zero-order chi connectivity index (χ0) is 18.2. The highest BCUT2D eigenvalue weighted by Gasteiger charge is 2.42. The molecule has 1 aromatic heterocycles. The number of benzene rings is 1. The molecule has 2 heterocycles. The molecule has 140 valence electrons. The Morgan fingerprint density at radius 3 is 2.44 bits per heavy atom. The third-order valence-corrected chi connectivity index (χ3v) is 6.31. The Morgan fingerprint density at radius 2 is 1.70 bits per heavy atom. The first-order valence-electron chi connectivity index (χ1n) is 10.2. The van der Waals surface area contributed by atoms with Crippen molar-refractivity contribution >= 4 is 11.9 Å². The molecule has 5 nitrogen and oxygen atoms in total. The van der Waals surface area contributed by atoms with Gasteiger partial charge in [0.1, 0.15) is 0 Å². The fraction of sp³-hybridized carbons (Fsp3) is 0.500. The summed E-state index contributed by atoms with van der Waals surface area (Å²) < 4.78 is 0. The van der Waals surface area contributed by atoms with Crippen LogP contribution in [0, 0.1) is 5.92 Å². The zero-order valence-electron chi connectivity index (χ0n) is 15.6. The number of aromatic nitrogens is 2. The summed E-state index contributed by atoms with van der Waals surface area (Å²) in [6.45, 7) is 1.72. The van der Waals surface area contributed by atoms with Crippen molar-refractivity contribution in [2.45, 2.75) is 50.6 Å². The number of fused-ring (bicyclic) bond motifs is 1. The quantitative estimate of drug-likeness (QED) is 0.837. The maximum Gasteiger partial charge on any atom is 0.226 e. The van der Waals surface area contributed by atoms with Crippen LogP contribution in [0.3, 0.4) is 0 Å². The topological polar surface area (TPSA) is 49.3 Å². The minimum Gasteiger partial charge on any atom is -0.341 e. The Bertz CT molecular complexity index is 812. The third-order valence-electron chi connectivity index (χ3n) is 6.31. The molecule has 0 bridgehead atoms. The number of piperidine rings is 1. The van der Waals surface area contributed by atoms with Gasteiger partial charge in [-0.05, 0) is 55.7 Å². The van der Waals surface area contributed by atoms with Crippen molar-refractivity contribution in [1.82, 2.24) is 14.9 Å². The van der Waals surface area contributed by atoms with E-state index in [4.69, 9.17) is 0 Å². The molecule has 5 rings (SSSR count). The summed E-state index contributed by atoms with van der Waals surface area (Å²) in [5.41, 5.74) is 2.81. The van der Waals surface area contributed by atoms with Gasteiger partial charge in [0.15, 0.2) is 0 Å². The summed E-state index contributed by atoms with van der Waals surface area (Å²) in [5, 5.41) is 0. The van der Waals surface area contributed by atoms with Crippen LogP contribution in [0.15, 0.2) is 42.7 Å². The molecule has 1 aliphatic heterocycles. The van der Waals surface area contributed by atoms with Gasteiger partial charge in [-0.15, -0.1) is 0 Å². The van der Waals surface area contributed by atoms with Gasteiger partial charge in [-0.3, -0.25) is 4.79 Å². The monoisotopic (exact) mass is 362 g/mol. The van der Waals surface area contributed by atoms with Crippen LogP contribution in [0.5, 0.6) is 0 Å². The van der Waals surface area contributed by atoms with Crippen LogP contribution in [0.4, 0.5) is 5.95 Å². The van der Waals surface area contributed by atoms with E-state index in [9.17, 15) is 4.79 Å². The molecule has 2 aliphatic carbocycles. The maximum atomic E-state index is 13.5. The number of nitrogens with zero attached hydrogens (tertiary/aromatic N) is 4. The Balaban J connectivity index is 1.30. The lowest BCUT2D eigenvalue weighted by atomic mass is 9.94. The average molecular weight is 362 g/mol. The van der Waals surface area contributed by atoms with Gasteiger partial charge in [0, 0.05) is 37.4 Å². The van der Waals surface area contributed by atoms with Gasteiger partial charge in [0.05, 0.1) is 6.04 Å². The van der Waals surface area contributed by atoms with Gasteiger partial charge in [-0.2, -0.15) is 0 Å². The van der Waals surface area contributed by atoms with Gasteiger partial charge >= 0.3 is 0 Å². The summed E-state index contributed by atoms with van der Waals surface area (Å²) in [7, 11) is 0. The normalized spacial score (nSPS) is 22.5. The van der Waals surface area contributed by atoms with Crippen molar-refractivity contribution in [3.8, 4) is 0 Å². The van der Waals surface area contributed by atoms with E-state index in [1.54, 1.807) is 12.4 Å². The van der Waals surface area contributed by atoms with Crippen LogP contribution in [-0.2, 0) is 11.2 Å². The second kappa shape index (κ2) is 6.95. The lowest BCUT2D eigenvalue weighted by Crippen LogP contribution is -2.45. The van der Waals surface area contributed by atoms with Crippen molar-refractivity contribution < 1.29 is 4.79 Å². The minimum absolute atomic E-state index is 0.137. The van der Waals surface area contributed by atoms with Crippen molar-refractivity contribution in [3.05, 3.63) is 53.9 Å². The fourth-order valence-corrected chi connectivity index (χ4v) is 4.76. The van der Waals surface area contributed by atoms with Crippen molar-refractivity contribution in [2.75, 3.05) is 18.0 Å². The number of anilines is 1. The van der Waals surface area contributed by atoms with Gasteiger partial charge < -0.3 is 9.80 Å². The number of rotatable bonds is 4. The van der Waals surface area contributed by atoms with Crippen molar-refractivity contribution in [3.63, 3.8) is 0 Å². The second-order valence-corrected chi connectivity index (χ2v) is 8.04. The minimum atomic E-state index is 0.137. The number of hydrogen-bond acceptors (Lipinski definition) is 4. The molecule has 3 aliphatic rings. The summed E-state index contributed by atoms with van der Waals surface area (Å²) in [6.07, 6.45) is 9.88. The van der Waals surface area contributed by atoms with E-state index in [1.807, 2.05) is 6.07 Å². The first-order chi connectivity index (χ1) is 13.3. The first kappa shape index (κ1) is 16.7. The van der Waals surface area contributed by atoms with Crippen LogP contribution in [0.2, 0.25) is 0 Å². The largest absolute Gasteiger partial charge is 0.341 e. The number of amides is 1. The molecule has 0 radical (unpaired) electrons. The molecule has 2 aromatic rings. The molecule has 1 amide bonds. The first-order valence-corrected chi connectivity index (χ1v) is 10.2. The lowest BCUT2D eigenvalue weighted by molar-refractivity contribution is -0.139. The summed E-state index contributed by atoms with van der Waals surface area (Å²) >= 11 is 0. The summed E-state index contributed by atoms with van der Waals surface area (Å²) in [4.78, 5) is 26.7. The Hall–Kier alpha value is -2.43. The molecule has 1 atom stereocenters. The van der Waals surface area contributed by atoms with Crippen molar-refractivity contribution in [2.24, 2.45) is 5.92 Å². The number of carbonyl (C=O) groups is 1. The van der Waals surface area contributed by atoms with E-state index in [0.29, 0.717) is 11.9 Å². The Kier molecular flexibility index (Phi) is 4.30. The number of hydrogen-bond donors (Lipinski definition) is 0.